The molecule has 0 unspecified atom stereocenters. The summed E-state index contributed by atoms with van der Waals surface area (Å²) in [6, 6.07) is 3.95. The molecule has 8 heteroatoms. The Hall–Kier alpha value is -2.38. The fourth-order valence-electron chi connectivity index (χ4n) is 3.20. The van der Waals surface area contributed by atoms with Gasteiger partial charge in [0.1, 0.15) is 11.4 Å². The first kappa shape index (κ1) is 18.4. The van der Waals surface area contributed by atoms with E-state index in [4.69, 9.17) is 4.74 Å². The number of hydrogen-bond donors (Lipinski definition) is 0. The van der Waals surface area contributed by atoms with Gasteiger partial charge in [-0.2, -0.15) is 4.52 Å². The van der Waals surface area contributed by atoms with Crippen molar-refractivity contribution in [3.63, 3.8) is 0 Å². The Morgan fingerprint density at radius 2 is 1.96 bits per heavy atom. The van der Waals surface area contributed by atoms with Gasteiger partial charge in [-0.1, -0.05) is 0 Å². The number of carbonyl (C=O) groups excluding carboxylic acids is 1. The van der Waals surface area contributed by atoms with Crippen LogP contribution < -0.4 is 4.90 Å². The highest BCUT2D eigenvalue weighted by atomic mass is 16.6. The van der Waals surface area contributed by atoms with Crippen LogP contribution in [0.5, 0.6) is 0 Å². The molecule has 0 bridgehead atoms. The Labute approximate surface area is 154 Å². The van der Waals surface area contributed by atoms with Gasteiger partial charge in [0.2, 0.25) is 0 Å². The van der Waals surface area contributed by atoms with Crippen molar-refractivity contribution in [3.05, 3.63) is 18.0 Å². The molecule has 2 aromatic rings. The zero-order valence-corrected chi connectivity index (χ0v) is 16.3. The normalized spacial score (nSPS) is 16.1. The number of aromatic nitrogens is 4. The molecular formula is C18H28N6O2. The second-order valence-corrected chi connectivity index (χ2v) is 8.00. The number of aryl methyl sites for hydroxylation is 1. The molecule has 1 aliphatic heterocycles. The number of amides is 1. The molecular weight excluding hydrogens is 332 g/mol. The van der Waals surface area contributed by atoms with Crippen molar-refractivity contribution in [1.29, 1.82) is 0 Å². The van der Waals surface area contributed by atoms with Gasteiger partial charge in [-0.05, 0) is 58.6 Å². The summed E-state index contributed by atoms with van der Waals surface area (Å²) in [6.45, 7) is 10.1. The zero-order valence-electron chi connectivity index (χ0n) is 16.3. The maximum atomic E-state index is 12.1. The van der Waals surface area contributed by atoms with Crippen LogP contribution >= 0.6 is 0 Å². The van der Waals surface area contributed by atoms with Gasteiger partial charge >= 0.3 is 6.09 Å². The van der Waals surface area contributed by atoms with Crippen LogP contribution in [-0.4, -0.2) is 63.1 Å². The Morgan fingerprint density at radius 3 is 2.62 bits per heavy atom. The van der Waals surface area contributed by atoms with Gasteiger partial charge in [-0.3, -0.25) is 0 Å². The molecule has 0 aromatic carbocycles. The summed E-state index contributed by atoms with van der Waals surface area (Å²) in [5.74, 6) is 2.21. The number of ether oxygens (including phenoxy) is 1. The lowest BCUT2D eigenvalue weighted by atomic mass is 9.96. The van der Waals surface area contributed by atoms with E-state index in [1.165, 1.54) is 0 Å². The minimum absolute atomic E-state index is 0.255. The van der Waals surface area contributed by atoms with Gasteiger partial charge in [0.25, 0.3) is 0 Å². The molecule has 3 rings (SSSR count). The first-order valence-corrected chi connectivity index (χ1v) is 9.11. The SMILES string of the molecule is Cc1nnc2ccc(N3CCC(CN(C)C(=O)OC(C)(C)C)CC3)nn12. The van der Waals surface area contributed by atoms with Crippen LogP contribution in [0, 0.1) is 12.8 Å². The van der Waals surface area contributed by atoms with Crippen LogP contribution in [0.2, 0.25) is 0 Å². The largest absolute Gasteiger partial charge is 0.444 e. The number of piperidine rings is 1. The summed E-state index contributed by atoms with van der Waals surface area (Å²) in [4.78, 5) is 16.1. The number of fused-ring (bicyclic) bond motifs is 1. The molecule has 0 saturated carbocycles. The summed E-state index contributed by atoms with van der Waals surface area (Å²) in [6.07, 6.45) is 1.79. The third kappa shape index (κ3) is 4.23. The third-order valence-corrected chi connectivity index (χ3v) is 4.58. The number of hydrogen-bond acceptors (Lipinski definition) is 6. The van der Waals surface area contributed by atoms with Crippen molar-refractivity contribution in [2.45, 2.75) is 46.1 Å². The second-order valence-electron chi connectivity index (χ2n) is 8.00. The van der Waals surface area contributed by atoms with Crippen molar-refractivity contribution < 1.29 is 9.53 Å². The quantitative estimate of drug-likeness (QED) is 0.837. The van der Waals surface area contributed by atoms with Crippen molar-refractivity contribution in [3.8, 4) is 0 Å². The van der Waals surface area contributed by atoms with Crippen molar-refractivity contribution in [1.82, 2.24) is 24.7 Å². The fourth-order valence-corrected chi connectivity index (χ4v) is 3.20. The van der Waals surface area contributed by atoms with Gasteiger partial charge < -0.3 is 14.5 Å². The van der Waals surface area contributed by atoms with E-state index >= 15 is 0 Å². The first-order valence-electron chi connectivity index (χ1n) is 9.11. The Kier molecular flexibility index (Phi) is 5.02. The molecule has 2 aromatic heterocycles. The number of anilines is 1. The summed E-state index contributed by atoms with van der Waals surface area (Å²) in [5.41, 5.74) is 0.305. The summed E-state index contributed by atoms with van der Waals surface area (Å²) >= 11 is 0. The number of nitrogens with zero attached hydrogens (tertiary/aromatic N) is 6. The monoisotopic (exact) mass is 360 g/mol. The maximum absolute atomic E-state index is 12.1. The van der Waals surface area contributed by atoms with E-state index in [9.17, 15) is 4.79 Å². The van der Waals surface area contributed by atoms with E-state index in [0.29, 0.717) is 5.92 Å². The van der Waals surface area contributed by atoms with Gasteiger partial charge in [0.15, 0.2) is 11.5 Å². The summed E-state index contributed by atoms with van der Waals surface area (Å²) < 4.78 is 7.20. The van der Waals surface area contributed by atoms with Crippen LogP contribution in [0.25, 0.3) is 5.65 Å². The molecule has 3 heterocycles. The fraction of sp³-hybridized carbons (Fsp3) is 0.667. The minimum Gasteiger partial charge on any atom is -0.444 e. The molecule has 1 aliphatic rings. The number of carbonyl (C=O) groups is 1. The molecule has 0 atom stereocenters. The lowest BCUT2D eigenvalue weighted by Gasteiger charge is -2.34. The van der Waals surface area contributed by atoms with Gasteiger partial charge in [-0.25, -0.2) is 4.79 Å². The molecule has 142 valence electrons. The average Bonchev–Trinajstić information content (AvgIpc) is 2.95. The van der Waals surface area contributed by atoms with E-state index in [1.54, 1.807) is 9.42 Å². The smallest absolute Gasteiger partial charge is 0.410 e. The van der Waals surface area contributed by atoms with Crippen molar-refractivity contribution in [2.75, 3.05) is 31.6 Å². The topological polar surface area (TPSA) is 75.9 Å². The van der Waals surface area contributed by atoms with Gasteiger partial charge in [0.05, 0.1) is 0 Å². The van der Waals surface area contributed by atoms with Crippen LogP contribution in [0.1, 0.15) is 39.4 Å². The van der Waals surface area contributed by atoms with Gasteiger partial charge in [0, 0.05) is 26.7 Å². The highest BCUT2D eigenvalue weighted by Gasteiger charge is 2.25. The van der Waals surface area contributed by atoms with Gasteiger partial charge in [-0.15, -0.1) is 15.3 Å². The standard InChI is InChI=1S/C18H28N6O2/c1-13-19-20-15-6-7-16(21-24(13)15)23-10-8-14(9-11-23)12-22(5)17(25)26-18(2,3)4/h6-7,14H,8-12H2,1-5H3. The average molecular weight is 360 g/mol. The highest BCUT2D eigenvalue weighted by Crippen LogP contribution is 2.23. The summed E-state index contributed by atoms with van der Waals surface area (Å²) in [5, 5.41) is 12.8. The minimum atomic E-state index is -0.459. The zero-order chi connectivity index (χ0) is 18.9. The van der Waals surface area contributed by atoms with Crippen LogP contribution in [0.4, 0.5) is 10.6 Å². The molecule has 1 fully saturated rings. The summed E-state index contributed by atoms with van der Waals surface area (Å²) in [7, 11) is 1.81. The molecule has 1 amide bonds. The first-order chi connectivity index (χ1) is 12.2. The lowest BCUT2D eigenvalue weighted by molar-refractivity contribution is 0.0266. The Balaban J connectivity index is 1.55. The van der Waals surface area contributed by atoms with E-state index in [2.05, 4.69) is 20.2 Å². The maximum Gasteiger partial charge on any atom is 0.410 e. The molecule has 0 spiro atoms. The van der Waals surface area contributed by atoms with Crippen molar-refractivity contribution in [2.24, 2.45) is 5.92 Å². The molecule has 1 saturated heterocycles. The predicted octanol–water partition coefficient (Wildman–Crippen LogP) is 2.52. The lowest BCUT2D eigenvalue weighted by Crippen LogP contribution is -2.41. The van der Waals surface area contributed by atoms with Crippen LogP contribution in [0.3, 0.4) is 0 Å². The van der Waals surface area contributed by atoms with Crippen LogP contribution in [0.15, 0.2) is 12.1 Å². The number of rotatable bonds is 3. The van der Waals surface area contributed by atoms with E-state index in [0.717, 1.165) is 49.8 Å². The van der Waals surface area contributed by atoms with Crippen molar-refractivity contribution >= 4 is 17.6 Å². The van der Waals surface area contributed by atoms with Crippen LogP contribution in [-0.2, 0) is 4.74 Å². The van der Waals surface area contributed by atoms with E-state index in [1.807, 2.05) is 46.9 Å². The molecule has 8 nitrogen and oxygen atoms in total. The molecule has 0 aliphatic carbocycles. The molecule has 0 N–H and O–H groups in total. The van der Waals surface area contributed by atoms with E-state index < -0.39 is 5.60 Å². The highest BCUT2D eigenvalue weighted by molar-refractivity contribution is 5.67. The Morgan fingerprint density at radius 1 is 1.27 bits per heavy atom. The second kappa shape index (κ2) is 7.09. The Bertz CT molecular complexity index is 774. The third-order valence-electron chi connectivity index (χ3n) is 4.58. The molecule has 0 radical (unpaired) electrons. The molecule has 26 heavy (non-hydrogen) atoms. The van der Waals surface area contributed by atoms with E-state index in [-0.39, 0.29) is 6.09 Å². The predicted molar refractivity (Wildman–Crippen MR) is 99.3 cm³/mol.